The Bertz CT molecular complexity index is 218. The molecule has 0 aliphatic heterocycles. The fraction of sp³-hybridized carbons (Fsp3) is 0.875. The third-order valence-corrected chi connectivity index (χ3v) is 2.13. The molecule has 0 unspecified atom stereocenters. The summed E-state index contributed by atoms with van der Waals surface area (Å²) in [6.07, 6.45) is -5.48. The van der Waals surface area contributed by atoms with Gasteiger partial charge in [-0.3, -0.25) is 4.79 Å². The molecule has 0 rings (SSSR count). The summed E-state index contributed by atoms with van der Waals surface area (Å²) in [6, 6.07) is 0. The number of hydrogen-bond donors (Lipinski definition) is 0. The van der Waals surface area contributed by atoms with Gasteiger partial charge >= 0.3 is 17.9 Å². The number of Topliss-reactive ketones (excluding diaryl/α,β-unsaturated/α-hetero) is 1. The lowest BCUT2D eigenvalue weighted by atomic mass is 9.89. The van der Waals surface area contributed by atoms with Crippen molar-refractivity contribution in [1.29, 1.82) is 0 Å². The normalized spacial score (nSPS) is 15.8. The van der Waals surface area contributed by atoms with Gasteiger partial charge in [0.2, 0.25) is 0 Å². The lowest BCUT2D eigenvalue weighted by Crippen LogP contribution is -2.46. The maximum absolute atomic E-state index is 12.9. The average molecular weight is 218 g/mol. The van der Waals surface area contributed by atoms with Crippen molar-refractivity contribution in [2.75, 3.05) is 0 Å². The molecule has 0 saturated carbocycles. The molecular weight excluding hydrogens is 207 g/mol. The minimum atomic E-state index is -5.48. The molecule has 0 aliphatic rings. The van der Waals surface area contributed by atoms with Gasteiger partial charge in [0.15, 0.2) is 0 Å². The Balaban J connectivity index is 4.88. The second-order valence-corrected chi connectivity index (χ2v) is 3.48. The smallest absolute Gasteiger partial charge is 0.283 e. The summed E-state index contributed by atoms with van der Waals surface area (Å²) >= 11 is 0. The lowest BCUT2D eigenvalue weighted by Gasteiger charge is -2.25. The molecule has 0 radical (unpaired) electrons. The molecule has 0 saturated heterocycles. The third-order valence-electron chi connectivity index (χ3n) is 2.13. The van der Waals surface area contributed by atoms with Crippen molar-refractivity contribution in [3.05, 3.63) is 0 Å². The van der Waals surface area contributed by atoms with Crippen molar-refractivity contribution in [2.45, 2.75) is 32.9 Å². The topological polar surface area (TPSA) is 17.1 Å². The number of carbonyl (C=O) groups is 1. The van der Waals surface area contributed by atoms with E-state index < -0.39 is 29.7 Å². The van der Waals surface area contributed by atoms with Crippen LogP contribution in [0.15, 0.2) is 0 Å². The van der Waals surface area contributed by atoms with Crippen LogP contribution in [0.3, 0.4) is 0 Å². The van der Waals surface area contributed by atoms with Crippen LogP contribution in [-0.2, 0) is 4.79 Å². The molecular formula is C8H11F5O. The summed E-state index contributed by atoms with van der Waals surface area (Å²) in [4.78, 5) is 10.4. The van der Waals surface area contributed by atoms with Crippen molar-refractivity contribution < 1.29 is 26.7 Å². The first kappa shape index (κ1) is 13.3. The van der Waals surface area contributed by atoms with Crippen molar-refractivity contribution in [3.63, 3.8) is 0 Å². The van der Waals surface area contributed by atoms with Gasteiger partial charge in [0.1, 0.15) is 0 Å². The minimum Gasteiger partial charge on any atom is -0.283 e. The zero-order valence-electron chi connectivity index (χ0n) is 7.95. The van der Waals surface area contributed by atoms with Gasteiger partial charge in [-0.15, -0.1) is 0 Å². The quantitative estimate of drug-likeness (QED) is 0.665. The molecule has 0 spiro atoms. The summed E-state index contributed by atoms with van der Waals surface area (Å²) in [6.45, 7) is 3.60. The van der Waals surface area contributed by atoms with Crippen molar-refractivity contribution >= 4 is 5.78 Å². The second kappa shape index (κ2) is 3.82. The summed E-state index contributed by atoms with van der Waals surface area (Å²) in [7, 11) is 0. The maximum atomic E-state index is 12.9. The van der Waals surface area contributed by atoms with Gasteiger partial charge in [-0.2, -0.15) is 22.0 Å². The zero-order valence-corrected chi connectivity index (χ0v) is 7.95. The summed E-state index contributed by atoms with van der Waals surface area (Å²) in [5.41, 5.74) is 0. The molecule has 14 heavy (non-hydrogen) atoms. The van der Waals surface area contributed by atoms with E-state index in [1.165, 1.54) is 13.8 Å². The molecule has 0 aliphatic carbocycles. The Labute approximate surface area is 78.3 Å². The Morgan fingerprint density at radius 2 is 1.36 bits per heavy atom. The van der Waals surface area contributed by atoms with E-state index in [4.69, 9.17) is 0 Å². The first-order chi connectivity index (χ1) is 6.01. The van der Waals surface area contributed by atoms with Gasteiger partial charge in [0, 0.05) is 5.92 Å². The van der Waals surface area contributed by atoms with Crippen LogP contribution in [0.5, 0.6) is 0 Å². The van der Waals surface area contributed by atoms with E-state index in [0.717, 1.165) is 6.92 Å². The highest BCUT2D eigenvalue weighted by molar-refractivity contribution is 5.90. The van der Waals surface area contributed by atoms with Gasteiger partial charge in [0.25, 0.3) is 0 Å². The number of rotatable bonds is 3. The summed E-state index contributed by atoms with van der Waals surface area (Å²) in [5, 5.41) is 0. The first-order valence-corrected chi connectivity index (χ1v) is 4.00. The van der Waals surface area contributed by atoms with Crippen LogP contribution in [0.1, 0.15) is 20.8 Å². The van der Waals surface area contributed by atoms with Crippen LogP contribution >= 0.6 is 0 Å². The highest BCUT2D eigenvalue weighted by atomic mass is 19.4. The van der Waals surface area contributed by atoms with Gasteiger partial charge < -0.3 is 0 Å². The highest BCUT2D eigenvalue weighted by Gasteiger charge is 2.57. The highest BCUT2D eigenvalue weighted by Crippen LogP contribution is 2.36. The number of ketones is 1. The largest absolute Gasteiger partial charge is 0.456 e. The number of halogens is 5. The second-order valence-electron chi connectivity index (χ2n) is 3.48. The molecule has 0 bridgehead atoms. The molecule has 0 N–H and O–H groups in total. The molecule has 6 heteroatoms. The first-order valence-electron chi connectivity index (χ1n) is 4.00. The third kappa shape index (κ3) is 2.65. The summed E-state index contributed by atoms with van der Waals surface area (Å²) < 4.78 is 61.0. The van der Waals surface area contributed by atoms with Crippen LogP contribution in [0.25, 0.3) is 0 Å². The van der Waals surface area contributed by atoms with Crippen LogP contribution in [-0.4, -0.2) is 17.9 Å². The van der Waals surface area contributed by atoms with E-state index in [1.54, 1.807) is 0 Å². The Kier molecular flexibility index (Phi) is 3.64. The molecule has 1 nitrogen and oxygen atoms in total. The SMILES string of the molecule is CC(C)[C@H](C)C(F)(F)C(=O)C(F)(F)F. The molecule has 84 valence electrons. The Morgan fingerprint density at radius 1 is 1.00 bits per heavy atom. The number of alkyl halides is 5. The van der Waals surface area contributed by atoms with E-state index >= 15 is 0 Å². The monoisotopic (exact) mass is 218 g/mol. The molecule has 0 aromatic carbocycles. The van der Waals surface area contributed by atoms with Gasteiger partial charge in [-0.05, 0) is 5.92 Å². The molecule has 1 atom stereocenters. The van der Waals surface area contributed by atoms with E-state index in [1.807, 2.05) is 0 Å². The standard InChI is InChI=1S/C8H11F5O/c1-4(2)5(3)7(9,10)6(14)8(11,12)13/h4-5H,1-3H3/t5-/m0/s1. The molecule has 0 aromatic heterocycles. The minimum absolute atomic E-state index is 0.698. The zero-order chi connectivity index (χ0) is 11.7. The van der Waals surface area contributed by atoms with Crippen molar-refractivity contribution in [2.24, 2.45) is 11.8 Å². The van der Waals surface area contributed by atoms with Crippen LogP contribution < -0.4 is 0 Å². The van der Waals surface area contributed by atoms with Crippen molar-refractivity contribution in [3.8, 4) is 0 Å². The van der Waals surface area contributed by atoms with Gasteiger partial charge in [0.05, 0.1) is 0 Å². The van der Waals surface area contributed by atoms with Gasteiger partial charge in [-0.25, -0.2) is 0 Å². The van der Waals surface area contributed by atoms with E-state index in [2.05, 4.69) is 0 Å². The summed E-state index contributed by atoms with van der Waals surface area (Å²) in [5.74, 6) is -9.63. The average Bonchev–Trinajstić information content (AvgIpc) is 1.99. The predicted octanol–water partition coefficient (Wildman–Crippen LogP) is 3.05. The van der Waals surface area contributed by atoms with Crippen LogP contribution in [0.2, 0.25) is 0 Å². The van der Waals surface area contributed by atoms with E-state index in [9.17, 15) is 26.7 Å². The van der Waals surface area contributed by atoms with Crippen molar-refractivity contribution in [1.82, 2.24) is 0 Å². The van der Waals surface area contributed by atoms with Crippen LogP contribution in [0, 0.1) is 11.8 Å². The molecule has 0 fully saturated rings. The van der Waals surface area contributed by atoms with E-state index in [0.29, 0.717) is 0 Å². The molecule has 0 heterocycles. The molecule has 0 aromatic rings. The number of carbonyl (C=O) groups excluding carboxylic acids is 1. The Hall–Kier alpha value is -0.680. The van der Waals surface area contributed by atoms with Gasteiger partial charge in [-0.1, -0.05) is 20.8 Å². The molecule has 0 amide bonds. The lowest BCUT2D eigenvalue weighted by molar-refractivity contribution is -0.203. The van der Waals surface area contributed by atoms with Crippen LogP contribution in [0.4, 0.5) is 22.0 Å². The number of hydrogen-bond acceptors (Lipinski definition) is 1. The maximum Gasteiger partial charge on any atom is 0.456 e. The fourth-order valence-corrected chi connectivity index (χ4v) is 0.814. The Morgan fingerprint density at radius 3 is 1.57 bits per heavy atom. The fourth-order valence-electron chi connectivity index (χ4n) is 0.814. The predicted molar refractivity (Wildman–Crippen MR) is 40.0 cm³/mol. The van der Waals surface area contributed by atoms with E-state index in [-0.39, 0.29) is 0 Å².